The summed E-state index contributed by atoms with van der Waals surface area (Å²) in [5, 5.41) is 0.284. The standard InChI is InChI=1S/C14H23ClN6/c1-3-19(4-2)13-16-12(15)17-14(18-13)21-9-7-20(8-10-21)11-5-6-11/h11H,3-10H2,1-2H3. The van der Waals surface area contributed by atoms with Crippen molar-refractivity contribution in [3.8, 4) is 0 Å². The maximum atomic E-state index is 6.09. The molecule has 1 saturated carbocycles. The van der Waals surface area contributed by atoms with Crippen LogP contribution in [0.3, 0.4) is 0 Å². The molecule has 1 saturated heterocycles. The molecule has 0 amide bonds. The fourth-order valence-electron chi connectivity index (χ4n) is 2.85. The number of hydrogen-bond donors (Lipinski definition) is 0. The summed E-state index contributed by atoms with van der Waals surface area (Å²) in [5.74, 6) is 1.40. The second kappa shape index (κ2) is 6.32. The van der Waals surface area contributed by atoms with Crippen molar-refractivity contribution in [3.05, 3.63) is 5.28 Å². The van der Waals surface area contributed by atoms with Crippen molar-refractivity contribution >= 4 is 23.5 Å². The van der Waals surface area contributed by atoms with Gasteiger partial charge in [0.15, 0.2) is 0 Å². The van der Waals surface area contributed by atoms with E-state index in [-0.39, 0.29) is 5.28 Å². The van der Waals surface area contributed by atoms with Crippen LogP contribution in [0.2, 0.25) is 5.28 Å². The lowest BCUT2D eigenvalue weighted by atomic mass is 10.3. The van der Waals surface area contributed by atoms with Crippen LogP contribution in [0.15, 0.2) is 0 Å². The average molecular weight is 311 g/mol. The fraction of sp³-hybridized carbons (Fsp3) is 0.786. The van der Waals surface area contributed by atoms with Gasteiger partial charge in [0.05, 0.1) is 0 Å². The Kier molecular flexibility index (Phi) is 4.45. The quantitative estimate of drug-likeness (QED) is 0.824. The van der Waals surface area contributed by atoms with E-state index >= 15 is 0 Å². The van der Waals surface area contributed by atoms with Crippen LogP contribution in [0.4, 0.5) is 11.9 Å². The van der Waals surface area contributed by atoms with E-state index in [1.807, 2.05) is 0 Å². The largest absolute Gasteiger partial charge is 0.341 e. The maximum Gasteiger partial charge on any atom is 0.231 e. The third-order valence-electron chi connectivity index (χ3n) is 4.29. The van der Waals surface area contributed by atoms with Crippen LogP contribution in [-0.4, -0.2) is 65.2 Å². The third kappa shape index (κ3) is 3.37. The number of nitrogens with zero attached hydrogens (tertiary/aromatic N) is 6. The summed E-state index contributed by atoms with van der Waals surface area (Å²) in [6.07, 6.45) is 2.73. The van der Waals surface area contributed by atoms with E-state index in [4.69, 9.17) is 11.6 Å². The normalized spacial score (nSPS) is 19.9. The Balaban J connectivity index is 1.72. The van der Waals surface area contributed by atoms with Gasteiger partial charge in [-0.2, -0.15) is 15.0 Å². The number of hydrogen-bond acceptors (Lipinski definition) is 6. The number of aromatic nitrogens is 3. The summed E-state index contributed by atoms with van der Waals surface area (Å²) in [6, 6.07) is 0.834. The van der Waals surface area contributed by atoms with E-state index < -0.39 is 0 Å². The van der Waals surface area contributed by atoms with Crippen molar-refractivity contribution < 1.29 is 0 Å². The predicted molar refractivity (Wildman–Crippen MR) is 85.2 cm³/mol. The zero-order chi connectivity index (χ0) is 14.8. The number of piperazine rings is 1. The number of rotatable bonds is 5. The van der Waals surface area contributed by atoms with Crippen LogP contribution in [0, 0.1) is 0 Å². The molecule has 0 radical (unpaired) electrons. The Morgan fingerprint density at radius 1 is 1.05 bits per heavy atom. The minimum Gasteiger partial charge on any atom is -0.341 e. The Hall–Kier alpha value is -1.14. The molecule has 21 heavy (non-hydrogen) atoms. The topological polar surface area (TPSA) is 48.4 Å². The minimum atomic E-state index is 0.284. The summed E-state index contributed by atoms with van der Waals surface area (Å²) in [5.41, 5.74) is 0. The van der Waals surface area contributed by atoms with Crippen molar-refractivity contribution in [3.63, 3.8) is 0 Å². The van der Waals surface area contributed by atoms with Crippen LogP contribution >= 0.6 is 11.6 Å². The Bertz CT molecular complexity index is 480. The van der Waals surface area contributed by atoms with Crippen LogP contribution in [-0.2, 0) is 0 Å². The summed E-state index contributed by atoms with van der Waals surface area (Å²) < 4.78 is 0. The van der Waals surface area contributed by atoms with E-state index in [1.165, 1.54) is 12.8 Å². The smallest absolute Gasteiger partial charge is 0.231 e. The molecular formula is C14H23ClN6. The minimum absolute atomic E-state index is 0.284. The van der Waals surface area contributed by atoms with E-state index in [9.17, 15) is 0 Å². The molecule has 0 spiro atoms. The van der Waals surface area contributed by atoms with Gasteiger partial charge in [0.1, 0.15) is 0 Å². The summed E-state index contributed by atoms with van der Waals surface area (Å²) in [7, 11) is 0. The van der Waals surface area contributed by atoms with Crippen LogP contribution in [0.25, 0.3) is 0 Å². The first-order chi connectivity index (χ1) is 10.2. The number of halogens is 1. The van der Waals surface area contributed by atoms with E-state index in [0.29, 0.717) is 11.9 Å². The van der Waals surface area contributed by atoms with E-state index in [0.717, 1.165) is 45.3 Å². The van der Waals surface area contributed by atoms with Crippen molar-refractivity contribution in [1.82, 2.24) is 19.9 Å². The van der Waals surface area contributed by atoms with Gasteiger partial charge in [0, 0.05) is 45.3 Å². The molecule has 0 bridgehead atoms. The molecule has 0 aromatic carbocycles. The maximum absolute atomic E-state index is 6.09. The molecule has 0 unspecified atom stereocenters. The van der Waals surface area contributed by atoms with Crippen molar-refractivity contribution in [2.75, 3.05) is 49.1 Å². The van der Waals surface area contributed by atoms with Crippen molar-refractivity contribution in [2.45, 2.75) is 32.7 Å². The molecule has 116 valence electrons. The monoisotopic (exact) mass is 310 g/mol. The van der Waals surface area contributed by atoms with Gasteiger partial charge in [0.2, 0.25) is 17.2 Å². The second-order valence-corrected chi connectivity index (χ2v) is 5.97. The van der Waals surface area contributed by atoms with Gasteiger partial charge < -0.3 is 9.80 Å². The molecule has 2 fully saturated rings. The second-order valence-electron chi connectivity index (χ2n) is 5.63. The zero-order valence-electron chi connectivity index (χ0n) is 12.8. The molecule has 7 heteroatoms. The molecule has 6 nitrogen and oxygen atoms in total. The first kappa shape index (κ1) is 14.8. The van der Waals surface area contributed by atoms with E-state index in [1.54, 1.807) is 0 Å². The van der Waals surface area contributed by atoms with Crippen molar-refractivity contribution in [1.29, 1.82) is 0 Å². The van der Waals surface area contributed by atoms with Gasteiger partial charge in [-0.25, -0.2) is 0 Å². The summed E-state index contributed by atoms with van der Waals surface area (Å²) in [4.78, 5) is 20.1. The Labute approximate surface area is 131 Å². The Morgan fingerprint density at radius 2 is 1.71 bits per heavy atom. The summed E-state index contributed by atoms with van der Waals surface area (Å²) in [6.45, 7) is 10.0. The highest BCUT2D eigenvalue weighted by Gasteiger charge is 2.31. The summed E-state index contributed by atoms with van der Waals surface area (Å²) >= 11 is 6.09. The average Bonchev–Trinajstić information content (AvgIpc) is 3.33. The molecule has 1 aromatic heterocycles. The van der Waals surface area contributed by atoms with Crippen molar-refractivity contribution in [2.24, 2.45) is 0 Å². The van der Waals surface area contributed by atoms with Crippen LogP contribution in [0.5, 0.6) is 0 Å². The third-order valence-corrected chi connectivity index (χ3v) is 4.46. The molecule has 1 aliphatic carbocycles. The van der Waals surface area contributed by atoms with Crippen LogP contribution < -0.4 is 9.80 Å². The van der Waals surface area contributed by atoms with E-state index in [2.05, 4.69) is 43.5 Å². The molecule has 2 heterocycles. The van der Waals surface area contributed by atoms with Gasteiger partial charge in [0.25, 0.3) is 0 Å². The highest BCUT2D eigenvalue weighted by molar-refractivity contribution is 6.28. The first-order valence-corrected chi connectivity index (χ1v) is 8.24. The zero-order valence-corrected chi connectivity index (χ0v) is 13.6. The Morgan fingerprint density at radius 3 is 2.29 bits per heavy atom. The van der Waals surface area contributed by atoms with Gasteiger partial charge in [-0.05, 0) is 38.3 Å². The van der Waals surface area contributed by atoms with Gasteiger partial charge in [-0.3, -0.25) is 4.90 Å². The molecule has 1 aromatic rings. The molecule has 0 N–H and O–H groups in total. The molecule has 3 rings (SSSR count). The predicted octanol–water partition coefficient (Wildman–Crippen LogP) is 1.66. The SMILES string of the molecule is CCN(CC)c1nc(Cl)nc(N2CCN(C3CC3)CC2)n1. The number of anilines is 2. The lowest BCUT2D eigenvalue weighted by Gasteiger charge is -2.35. The van der Waals surface area contributed by atoms with Gasteiger partial charge >= 0.3 is 0 Å². The fourth-order valence-corrected chi connectivity index (χ4v) is 3.00. The molecule has 0 atom stereocenters. The van der Waals surface area contributed by atoms with Gasteiger partial charge in [-0.1, -0.05) is 0 Å². The first-order valence-electron chi connectivity index (χ1n) is 7.86. The molecule has 1 aliphatic heterocycles. The highest BCUT2D eigenvalue weighted by atomic mass is 35.5. The molecular weight excluding hydrogens is 288 g/mol. The van der Waals surface area contributed by atoms with Crippen LogP contribution in [0.1, 0.15) is 26.7 Å². The lowest BCUT2D eigenvalue weighted by molar-refractivity contribution is 0.247. The lowest BCUT2D eigenvalue weighted by Crippen LogP contribution is -2.47. The molecule has 2 aliphatic rings. The van der Waals surface area contributed by atoms with Gasteiger partial charge in [-0.15, -0.1) is 0 Å². The highest BCUT2D eigenvalue weighted by Crippen LogP contribution is 2.28.